The number of ether oxygens (including phenoxy) is 4. The Morgan fingerprint density at radius 2 is 1.62 bits per heavy atom. The second-order valence-electron chi connectivity index (χ2n) is 18.8. The van der Waals surface area contributed by atoms with Crippen molar-refractivity contribution in [3.05, 3.63) is 12.2 Å². The van der Waals surface area contributed by atoms with Crippen molar-refractivity contribution in [3.63, 3.8) is 0 Å². The predicted octanol–water partition coefficient (Wildman–Crippen LogP) is 4.52. The molecule has 2 aliphatic heterocycles. The molecule has 0 radical (unpaired) electrons. The van der Waals surface area contributed by atoms with Crippen LogP contribution in [0.3, 0.4) is 0 Å². The molecule has 2 heterocycles. The first-order chi connectivity index (χ1) is 21.8. The van der Waals surface area contributed by atoms with Crippen LogP contribution in [0.25, 0.3) is 0 Å². The number of carbonyl (C=O) groups excluding carboxylic acids is 1. The summed E-state index contributed by atoms with van der Waals surface area (Å²) in [5.41, 5.74) is -1.54. The Bertz CT molecular complexity index is 1300. The molecule has 16 unspecified atom stereocenters. The second kappa shape index (κ2) is 10.7. The van der Waals surface area contributed by atoms with Gasteiger partial charge >= 0.3 is 5.97 Å². The zero-order valence-corrected chi connectivity index (χ0v) is 29.8. The van der Waals surface area contributed by atoms with Gasteiger partial charge < -0.3 is 39.4 Å². The molecule has 9 heteroatoms. The van der Waals surface area contributed by atoms with Crippen molar-refractivity contribution in [2.24, 2.45) is 50.2 Å². The predicted molar refractivity (Wildman–Crippen MR) is 174 cm³/mol. The highest BCUT2D eigenvalue weighted by atomic mass is 16.7. The molecule has 6 fully saturated rings. The molecule has 16 atom stereocenters. The van der Waals surface area contributed by atoms with E-state index in [0.29, 0.717) is 13.0 Å². The van der Waals surface area contributed by atoms with Crippen LogP contribution in [-0.2, 0) is 23.7 Å². The molecular formula is C38H60O9. The quantitative estimate of drug-likeness (QED) is 0.195. The number of fused-ring (bicyclic) bond motifs is 4. The molecule has 7 rings (SSSR count). The molecule has 0 aromatic heterocycles. The third-order valence-corrected chi connectivity index (χ3v) is 16.1. The van der Waals surface area contributed by atoms with Crippen LogP contribution in [-0.4, -0.2) is 88.1 Å². The van der Waals surface area contributed by atoms with E-state index < -0.39 is 53.9 Å². The van der Waals surface area contributed by atoms with E-state index >= 15 is 0 Å². The summed E-state index contributed by atoms with van der Waals surface area (Å²) >= 11 is 0. The lowest BCUT2D eigenvalue weighted by Gasteiger charge is -2.73. The van der Waals surface area contributed by atoms with Crippen LogP contribution in [0.15, 0.2) is 12.2 Å². The Balaban J connectivity index is 1.25. The van der Waals surface area contributed by atoms with Gasteiger partial charge in [-0.25, -0.2) is 0 Å². The van der Waals surface area contributed by atoms with E-state index in [1.165, 1.54) is 6.92 Å². The van der Waals surface area contributed by atoms with Crippen LogP contribution < -0.4 is 0 Å². The maximum absolute atomic E-state index is 12.2. The molecule has 4 N–H and O–H groups in total. The van der Waals surface area contributed by atoms with Crippen LogP contribution in [0, 0.1) is 50.2 Å². The van der Waals surface area contributed by atoms with E-state index in [0.717, 1.165) is 44.9 Å². The highest BCUT2D eigenvalue weighted by Gasteiger charge is 2.79. The van der Waals surface area contributed by atoms with E-state index in [2.05, 4.69) is 53.7 Å². The van der Waals surface area contributed by atoms with Crippen LogP contribution in [0.2, 0.25) is 0 Å². The SMILES string of the molecule is CC(=O)OCC1(C)C(OC2OC(C)C(O)C(O)C2O)CCC2(C)C1CCC1(C)C2C=CC23OCC4(CCC(C)(C)CC42)C(O)CC13C. The van der Waals surface area contributed by atoms with E-state index in [4.69, 9.17) is 18.9 Å². The molecule has 1 spiro atoms. The topological polar surface area (TPSA) is 135 Å². The largest absolute Gasteiger partial charge is 0.465 e. The van der Waals surface area contributed by atoms with Gasteiger partial charge in [0.1, 0.15) is 18.3 Å². The number of hydrogen-bond donors (Lipinski definition) is 4. The van der Waals surface area contributed by atoms with Gasteiger partial charge in [-0.2, -0.15) is 0 Å². The number of hydrogen-bond acceptors (Lipinski definition) is 9. The highest BCUT2D eigenvalue weighted by Crippen LogP contribution is 2.79. The standard InChI is InChI=1S/C38H60O9/c1-21-28(41)29(42)30(43)31(46-21)47-27-11-12-33(5)23(34(27,6)19-44-22(2)39)9-13-35(7)24(33)10-14-38-25-17-32(3,4)15-16-37(25,20-45-38)26(40)18-36(35,38)8/h10,14,21,23-31,40-43H,9,11-13,15-20H2,1-8H3. The van der Waals surface area contributed by atoms with Crippen LogP contribution in [0.4, 0.5) is 0 Å². The fourth-order valence-electron chi connectivity index (χ4n) is 13.1. The van der Waals surface area contributed by atoms with Crippen molar-refractivity contribution in [1.29, 1.82) is 0 Å². The van der Waals surface area contributed by atoms with Gasteiger partial charge in [0.2, 0.25) is 0 Å². The number of carbonyl (C=O) groups is 1. The lowest BCUT2D eigenvalue weighted by atomic mass is 9.32. The zero-order chi connectivity index (χ0) is 34.2. The number of esters is 1. The Hall–Kier alpha value is -1.07. The highest BCUT2D eigenvalue weighted by molar-refractivity contribution is 5.66. The van der Waals surface area contributed by atoms with Crippen molar-refractivity contribution in [3.8, 4) is 0 Å². The number of allylic oxidation sites excluding steroid dienone is 1. The number of aliphatic hydroxyl groups is 4. The second-order valence-corrected chi connectivity index (χ2v) is 18.8. The zero-order valence-electron chi connectivity index (χ0n) is 29.8. The Kier molecular flexibility index (Phi) is 7.84. The molecule has 2 saturated heterocycles. The minimum atomic E-state index is -1.40. The van der Waals surface area contributed by atoms with E-state index in [1.807, 2.05) is 0 Å². The summed E-state index contributed by atoms with van der Waals surface area (Å²) in [6, 6.07) is 0. The first kappa shape index (κ1) is 34.4. The van der Waals surface area contributed by atoms with Gasteiger partial charge in [0.15, 0.2) is 6.29 Å². The summed E-state index contributed by atoms with van der Waals surface area (Å²) in [4.78, 5) is 12.2. The Morgan fingerprint density at radius 1 is 0.894 bits per heavy atom. The number of rotatable bonds is 4. The van der Waals surface area contributed by atoms with Gasteiger partial charge in [0, 0.05) is 29.1 Å². The van der Waals surface area contributed by atoms with Crippen molar-refractivity contribution < 1.29 is 44.2 Å². The maximum atomic E-state index is 12.2. The third-order valence-electron chi connectivity index (χ3n) is 16.1. The normalized spacial score (nSPS) is 57.7. The van der Waals surface area contributed by atoms with Crippen molar-refractivity contribution in [2.75, 3.05) is 13.2 Å². The monoisotopic (exact) mass is 660 g/mol. The molecule has 0 aromatic carbocycles. The Labute approximate surface area is 280 Å². The molecule has 9 nitrogen and oxygen atoms in total. The maximum Gasteiger partial charge on any atom is 0.302 e. The summed E-state index contributed by atoms with van der Waals surface area (Å²) in [7, 11) is 0. The van der Waals surface area contributed by atoms with Gasteiger partial charge in [-0.1, -0.05) is 53.7 Å². The van der Waals surface area contributed by atoms with Crippen molar-refractivity contribution in [2.45, 2.75) is 155 Å². The van der Waals surface area contributed by atoms with E-state index in [-0.39, 0.29) is 57.4 Å². The average molecular weight is 661 g/mol. The molecule has 266 valence electrons. The molecule has 0 amide bonds. The molecule has 5 aliphatic carbocycles. The summed E-state index contributed by atoms with van der Waals surface area (Å²) in [5, 5.41) is 43.7. The smallest absolute Gasteiger partial charge is 0.302 e. The van der Waals surface area contributed by atoms with Gasteiger partial charge in [-0.05, 0) is 86.4 Å². The first-order valence-corrected chi connectivity index (χ1v) is 18.3. The van der Waals surface area contributed by atoms with Gasteiger partial charge in [0.05, 0.1) is 37.1 Å². The summed E-state index contributed by atoms with van der Waals surface area (Å²) in [5.74, 6) is 0.256. The van der Waals surface area contributed by atoms with Crippen molar-refractivity contribution >= 4 is 5.97 Å². The van der Waals surface area contributed by atoms with Gasteiger partial charge in [-0.3, -0.25) is 4.79 Å². The molecule has 2 bridgehead atoms. The lowest BCUT2D eigenvalue weighted by molar-refractivity contribution is -0.329. The van der Waals surface area contributed by atoms with E-state index in [9.17, 15) is 25.2 Å². The van der Waals surface area contributed by atoms with Crippen molar-refractivity contribution in [1.82, 2.24) is 0 Å². The summed E-state index contributed by atoms with van der Waals surface area (Å²) < 4.78 is 25.4. The number of aliphatic hydroxyl groups excluding tert-OH is 4. The fraction of sp³-hybridized carbons (Fsp3) is 0.921. The molecule has 47 heavy (non-hydrogen) atoms. The van der Waals surface area contributed by atoms with E-state index in [1.54, 1.807) is 6.92 Å². The lowest BCUT2D eigenvalue weighted by Crippen LogP contribution is -2.72. The van der Waals surface area contributed by atoms with Gasteiger partial charge in [-0.15, -0.1) is 0 Å². The van der Waals surface area contributed by atoms with Crippen LogP contribution >= 0.6 is 0 Å². The third kappa shape index (κ3) is 4.42. The average Bonchev–Trinajstić information content (AvgIpc) is 3.27. The Morgan fingerprint density at radius 3 is 2.32 bits per heavy atom. The molecule has 0 aromatic rings. The summed E-state index contributed by atoms with van der Waals surface area (Å²) in [6.07, 6.45) is 5.59. The minimum Gasteiger partial charge on any atom is -0.465 e. The molecule has 4 saturated carbocycles. The summed E-state index contributed by atoms with van der Waals surface area (Å²) in [6.45, 7) is 18.1. The minimum absolute atomic E-state index is 0.118. The first-order valence-electron chi connectivity index (χ1n) is 18.3. The van der Waals surface area contributed by atoms with Crippen LogP contribution in [0.1, 0.15) is 107 Å². The molecular weight excluding hydrogens is 600 g/mol. The van der Waals surface area contributed by atoms with Crippen LogP contribution in [0.5, 0.6) is 0 Å². The van der Waals surface area contributed by atoms with Gasteiger partial charge in [0.25, 0.3) is 0 Å². The fourth-order valence-corrected chi connectivity index (χ4v) is 13.1. The molecule has 7 aliphatic rings.